The van der Waals surface area contributed by atoms with Gasteiger partial charge in [0.2, 0.25) is 5.95 Å². The topological polar surface area (TPSA) is 65.3 Å². The first-order chi connectivity index (χ1) is 11.6. The molecule has 4 rings (SSSR count). The summed E-state index contributed by atoms with van der Waals surface area (Å²) in [4.78, 5) is 2.28. The number of anilines is 1. The third kappa shape index (κ3) is 3.04. The molecule has 0 aromatic carbocycles. The lowest BCUT2D eigenvalue weighted by atomic mass is 9.78. The summed E-state index contributed by atoms with van der Waals surface area (Å²) in [6.07, 6.45) is 6.36. The Labute approximate surface area is 143 Å². The van der Waals surface area contributed by atoms with Crippen LogP contribution in [0.25, 0.3) is 0 Å². The molecule has 1 spiro atoms. The highest BCUT2D eigenvalue weighted by molar-refractivity contribution is 5.30. The zero-order valence-corrected chi connectivity index (χ0v) is 14.9. The lowest BCUT2D eigenvalue weighted by molar-refractivity contribution is -0.0585. The SMILES string of the molecule is CC(C)(Cn1nnnc1N1CCOC2(CCOC2)C1)C1CCCC1. The van der Waals surface area contributed by atoms with Crippen LogP contribution < -0.4 is 4.90 Å². The zero-order chi connectivity index (χ0) is 16.6. The van der Waals surface area contributed by atoms with Crippen LogP contribution in [-0.4, -0.2) is 58.7 Å². The van der Waals surface area contributed by atoms with Gasteiger partial charge in [-0.25, -0.2) is 4.68 Å². The molecule has 3 heterocycles. The summed E-state index contributed by atoms with van der Waals surface area (Å²) in [7, 11) is 0. The average molecular weight is 335 g/mol. The minimum Gasteiger partial charge on any atom is -0.378 e. The summed E-state index contributed by atoms with van der Waals surface area (Å²) in [6, 6.07) is 0. The van der Waals surface area contributed by atoms with E-state index < -0.39 is 0 Å². The minimum atomic E-state index is -0.171. The van der Waals surface area contributed by atoms with Crippen LogP contribution in [0.3, 0.4) is 0 Å². The van der Waals surface area contributed by atoms with Gasteiger partial charge in [0.25, 0.3) is 0 Å². The Bertz CT molecular complexity index is 561. The molecule has 1 unspecified atom stereocenters. The van der Waals surface area contributed by atoms with Crippen LogP contribution in [0.2, 0.25) is 0 Å². The lowest BCUT2D eigenvalue weighted by Gasteiger charge is -2.40. The molecule has 3 fully saturated rings. The van der Waals surface area contributed by atoms with Crippen LogP contribution in [0.1, 0.15) is 46.0 Å². The fraction of sp³-hybridized carbons (Fsp3) is 0.941. The second-order valence-electron chi connectivity index (χ2n) is 8.36. The molecule has 2 aliphatic heterocycles. The molecular formula is C17H29N5O2. The summed E-state index contributed by atoms with van der Waals surface area (Å²) in [6.45, 7) is 9.43. The number of hydrogen-bond donors (Lipinski definition) is 0. The third-order valence-corrected chi connectivity index (χ3v) is 6.13. The number of rotatable bonds is 4. The molecule has 134 valence electrons. The minimum absolute atomic E-state index is 0.171. The van der Waals surface area contributed by atoms with Crippen LogP contribution >= 0.6 is 0 Å². The first kappa shape index (κ1) is 16.3. The molecule has 0 radical (unpaired) electrons. The fourth-order valence-electron chi connectivity index (χ4n) is 4.59. The first-order valence-electron chi connectivity index (χ1n) is 9.31. The summed E-state index contributed by atoms with van der Waals surface area (Å²) in [5.74, 6) is 1.66. The predicted octanol–water partition coefficient (Wildman–Crippen LogP) is 1.89. The van der Waals surface area contributed by atoms with Gasteiger partial charge in [-0.05, 0) is 34.6 Å². The molecule has 1 aromatic heterocycles. The number of hydrogen-bond acceptors (Lipinski definition) is 6. The molecule has 0 bridgehead atoms. The van der Waals surface area contributed by atoms with E-state index in [1.807, 2.05) is 4.68 Å². The number of morpholine rings is 1. The van der Waals surface area contributed by atoms with Crippen molar-refractivity contribution in [3.63, 3.8) is 0 Å². The van der Waals surface area contributed by atoms with Gasteiger partial charge < -0.3 is 14.4 Å². The van der Waals surface area contributed by atoms with Gasteiger partial charge in [-0.1, -0.05) is 31.8 Å². The number of tetrazole rings is 1. The van der Waals surface area contributed by atoms with Crippen LogP contribution in [0.5, 0.6) is 0 Å². The molecule has 1 aromatic rings. The highest BCUT2D eigenvalue weighted by Crippen LogP contribution is 2.41. The Morgan fingerprint density at radius 3 is 2.83 bits per heavy atom. The third-order valence-electron chi connectivity index (χ3n) is 6.13. The second-order valence-corrected chi connectivity index (χ2v) is 8.36. The van der Waals surface area contributed by atoms with E-state index in [0.717, 1.165) is 44.5 Å². The number of nitrogens with zero attached hydrogens (tertiary/aromatic N) is 5. The van der Waals surface area contributed by atoms with Crippen LogP contribution in [-0.2, 0) is 16.0 Å². The first-order valence-corrected chi connectivity index (χ1v) is 9.31. The van der Waals surface area contributed by atoms with E-state index in [2.05, 4.69) is 34.3 Å². The van der Waals surface area contributed by atoms with Crippen LogP contribution in [0.4, 0.5) is 5.95 Å². The predicted molar refractivity (Wildman–Crippen MR) is 89.9 cm³/mol. The van der Waals surface area contributed by atoms with Crippen molar-refractivity contribution in [3.05, 3.63) is 0 Å². The van der Waals surface area contributed by atoms with Crippen LogP contribution in [0.15, 0.2) is 0 Å². The van der Waals surface area contributed by atoms with Gasteiger partial charge in [-0.2, -0.15) is 0 Å². The molecule has 0 amide bonds. The second kappa shape index (κ2) is 6.26. The van der Waals surface area contributed by atoms with Crippen molar-refractivity contribution in [2.75, 3.05) is 37.8 Å². The molecule has 1 saturated carbocycles. The Morgan fingerprint density at radius 2 is 2.08 bits per heavy atom. The smallest absolute Gasteiger partial charge is 0.245 e. The Hall–Kier alpha value is -1.21. The summed E-state index contributed by atoms with van der Waals surface area (Å²) in [5, 5.41) is 12.6. The molecule has 3 aliphatic rings. The van der Waals surface area contributed by atoms with Crippen molar-refractivity contribution < 1.29 is 9.47 Å². The van der Waals surface area contributed by atoms with Crippen molar-refractivity contribution in [2.24, 2.45) is 11.3 Å². The average Bonchev–Trinajstić information content (AvgIpc) is 3.28. The molecule has 24 heavy (non-hydrogen) atoms. The van der Waals surface area contributed by atoms with E-state index in [1.54, 1.807) is 0 Å². The lowest BCUT2D eigenvalue weighted by Crippen LogP contribution is -2.53. The molecular weight excluding hydrogens is 306 g/mol. The highest BCUT2D eigenvalue weighted by Gasteiger charge is 2.42. The van der Waals surface area contributed by atoms with Crippen molar-refractivity contribution in [2.45, 2.75) is 58.1 Å². The van der Waals surface area contributed by atoms with E-state index in [-0.39, 0.29) is 11.0 Å². The summed E-state index contributed by atoms with van der Waals surface area (Å²) >= 11 is 0. The van der Waals surface area contributed by atoms with Gasteiger partial charge in [0.1, 0.15) is 5.60 Å². The van der Waals surface area contributed by atoms with E-state index >= 15 is 0 Å². The van der Waals surface area contributed by atoms with Gasteiger partial charge in [0.05, 0.1) is 26.3 Å². The fourth-order valence-corrected chi connectivity index (χ4v) is 4.59. The molecule has 0 N–H and O–H groups in total. The zero-order valence-electron chi connectivity index (χ0n) is 14.9. The quantitative estimate of drug-likeness (QED) is 0.837. The normalized spacial score (nSPS) is 29.0. The molecule has 1 aliphatic carbocycles. The number of ether oxygens (including phenoxy) is 2. The monoisotopic (exact) mass is 335 g/mol. The maximum atomic E-state index is 6.03. The number of aromatic nitrogens is 4. The van der Waals surface area contributed by atoms with Gasteiger partial charge in [0, 0.05) is 19.6 Å². The van der Waals surface area contributed by atoms with Crippen molar-refractivity contribution >= 4 is 5.95 Å². The van der Waals surface area contributed by atoms with Gasteiger partial charge in [-0.15, -0.1) is 0 Å². The Balaban J connectivity index is 1.50. The molecule has 1 atom stereocenters. The van der Waals surface area contributed by atoms with Gasteiger partial charge >= 0.3 is 0 Å². The standard InChI is InChI=1S/C17H29N5O2/c1-16(2,14-5-3-4-6-14)11-22-15(18-19-20-22)21-8-10-24-17(12-21)7-9-23-13-17/h14H,3-13H2,1-2H3. The van der Waals surface area contributed by atoms with Gasteiger partial charge in [0.15, 0.2) is 0 Å². The maximum Gasteiger partial charge on any atom is 0.245 e. The van der Waals surface area contributed by atoms with Gasteiger partial charge in [-0.3, -0.25) is 0 Å². The molecule has 2 saturated heterocycles. The van der Waals surface area contributed by atoms with E-state index in [1.165, 1.54) is 25.7 Å². The molecule has 7 nitrogen and oxygen atoms in total. The van der Waals surface area contributed by atoms with Crippen molar-refractivity contribution in [1.29, 1.82) is 0 Å². The van der Waals surface area contributed by atoms with Crippen molar-refractivity contribution in [3.8, 4) is 0 Å². The highest BCUT2D eigenvalue weighted by atomic mass is 16.6. The van der Waals surface area contributed by atoms with Crippen LogP contribution in [0, 0.1) is 11.3 Å². The largest absolute Gasteiger partial charge is 0.378 e. The molecule has 7 heteroatoms. The Kier molecular flexibility index (Phi) is 4.24. The van der Waals surface area contributed by atoms with E-state index in [0.29, 0.717) is 13.2 Å². The summed E-state index contributed by atoms with van der Waals surface area (Å²) in [5.41, 5.74) is 0.0527. The van der Waals surface area contributed by atoms with E-state index in [9.17, 15) is 0 Å². The summed E-state index contributed by atoms with van der Waals surface area (Å²) < 4.78 is 13.6. The van der Waals surface area contributed by atoms with E-state index in [4.69, 9.17) is 9.47 Å². The maximum absolute atomic E-state index is 6.03. The Morgan fingerprint density at radius 1 is 1.25 bits per heavy atom. The van der Waals surface area contributed by atoms with Crippen molar-refractivity contribution in [1.82, 2.24) is 20.2 Å².